The number of nitrogens with one attached hydrogen (secondary N) is 1. The lowest BCUT2D eigenvalue weighted by molar-refractivity contribution is 0.261. The molecule has 1 aromatic rings. The summed E-state index contributed by atoms with van der Waals surface area (Å²) in [6, 6.07) is 7.92. The van der Waals surface area contributed by atoms with E-state index in [1.807, 2.05) is 45.3 Å². The van der Waals surface area contributed by atoms with Crippen molar-refractivity contribution in [2.75, 3.05) is 33.8 Å². The molecule has 0 radical (unpaired) electrons. The SMILES string of the molecule is C=C(C)CNC(N)=NCc1cccc(OCCN(C)C)c1. The smallest absolute Gasteiger partial charge is 0.189 e. The third-order valence-electron chi connectivity index (χ3n) is 2.71. The molecule has 0 spiro atoms. The van der Waals surface area contributed by atoms with E-state index in [0.717, 1.165) is 23.4 Å². The van der Waals surface area contributed by atoms with Crippen LogP contribution in [-0.4, -0.2) is 44.7 Å². The number of guanidine groups is 1. The normalized spacial score (nSPS) is 11.5. The topological polar surface area (TPSA) is 62.9 Å². The molecular formula is C16H26N4O. The number of aliphatic imine (C=N–C) groups is 1. The van der Waals surface area contributed by atoms with Gasteiger partial charge in [-0.25, -0.2) is 4.99 Å². The molecule has 0 saturated heterocycles. The quantitative estimate of drug-likeness (QED) is 0.434. The highest BCUT2D eigenvalue weighted by molar-refractivity contribution is 5.78. The molecule has 5 heteroatoms. The molecule has 0 aromatic heterocycles. The number of nitrogens with two attached hydrogens (primary N) is 1. The van der Waals surface area contributed by atoms with Crippen molar-refractivity contribution in [1.82, 2.24) is 10.2 Å². The molecule has 0 amide bonds. The van der Waals surface area contributed by atoms with Gasteiger partial charge in [-0.05, 0) is 38.7 Å². The first-order valence-electron chi connectivity index (χ1n) is 7.02. The van der Waals surface area contributed by atoms with Gasteiger partial charge < -0.3 is 20.7 Å². The Morgan fingerprint density at radius 1 is 1.43 bits per heavy atom. The van der Waals surface area contributed by atoms with Crippen molar-refractivity contribution in [2.45, 2.75) is 13.5 Å². The van der Waals surface area contributed by atoms with Crippen molar-refractivity contribution in [3.63, 3.8) is 0 Å². The molecule has 0 aliphatic heterocycles. The maximum Gasteiger partial charge on any atom is 0.189 e. The molecule has 0 saturated carbocycles. The Kier molecular flexibility index (Phi) is 7.32. The van der Waals surface area contributed by atoms with Crippen LogP contribution in [0.2, 0.25) is 0 Å². The van der Waals surface area contributed by atoms with Crippen molar-refractivity contribution in [3.8, 4) is 5.75 Å². The van der Waals surface area contributed by atoms with Crippen LogP contribution < -0.4 is 15.8 Å². The van der Waals surface area contributed by atoms with Crippen molar-refractivity contribution in [3.05, 3.63) is 42.0 Å². The number of rotatable bonds is 8. The fourth-order valence-corrected chi connectivity index (χ4v) is 1.55. The van der Waals surface area contributed by atoms with Crippen LogP contribution in [0, 0.1) is 0 Å². The van der Waals surface area contributed by atoms with Crippen LogP contribution in [-0.2, 0) is 6.54 Å². The zero-order chi connectivity index (χ0) is 15.7. The van der Waals surface area contributed by atoms with Gasteiger partial charge >= 0.3 is 0 Å². The van der Waals surface area contributed by atoms with E-state index in [1.54, 1.807) is 0 Å². The summed E-state index contributed by atoms with van der Waals surface area (Å²) >= 11 is 0. The molecule has 0 bridgehead atoms. The van der Waals surface area contributed by atoms with Gasteiger partial charge in [0.15, 0.2) is 5.96 Å². The van der Waals surface area contributed by atoms with Crippen LogP contribution in [0.3, 0.4) is 0 Å². The van der Waals surface area contributed by atoms with Gasteiger partial charge in [-0.3, -0.25) is 0 Å². The zero-order valence-electron chi connectivity index (χ0n) is 13.2. The number of benzene rings is 1. The predicted octanol–water partition coefficient (Wildman–Crippen LogP) is 1.61. The third-order valence-corrected chi connectivity index (χ3v) is 2.71. The maximum atomic E-state index is 5.78. The molecule has 0 heterocycles. The minimum atomic E-state index is 0.428. The number of nitrogens with zero attached hydrogens (tertiary/aromatic N) is 2. The van der Waals surface area contributed by atoms with Crippen molar-refractivity contribution in [1.29, 1.82) is 0 Å². The largest absolute Gasteiger partial charge is 0.492 e. The van der Waals surface area contributed by atoms with E-state index in [0.29, 0.717) is 25.7 Å². The Hall–Kier alpha value is -2.01. The van der Waals surface area contributed by atoms with Crippen LogP contribution in [0.4, 0.5) is 0 Å². The summed E-state index contributed by atoms with van der Waals surface area (Å²) in [4.78, 5) is 6.38. The number of likely N-dealkylation sites (N-methyl/N-ethyl adjacent to an activating group) is 1. The Labute approximate surface area is 127 Å². The molecule has 5 nitrogen and oxygen atoms in total. The van der Waals surface area contributed by atoms with Gasteiger partial charge in [-0.1, -0.05) is 24.3 Å². The van der Waals surface area contributed by atoms with Crippen molar-refractivity contribution >= 4 is 5.96 Å². The van der Waals surface area contributed by atoms with Crippen molar-refractivity contribution < 1.29 is 4.74 Å². The number of hydrogen-bond donors (Lipinski definition) is 2. The van der Waals surface area contributed by atoms with Gasteiger partial charge in [0, 0.05) is 13.1 Å². The summed E-state index contributed by atoms with van der Waals surface area (Å²) in [5.74, 6) is 1.29. The average Bonchev–Trinajstić information content (AvgIpc) is 2.43. The molecule has 0 unspecified atom stereocenters. The van der Waals surface area contributed by atoms with Crippen LogP contribution >= 0.6 is 0 Å². The average molecular weight is 290 g/mol. The summed E-state index contributed by atoms with van der Waals surface area (Å²) in [6.45, 7) is 8.47. The summed E-state index contributed by atoms with van der Waals surface area (Å²) in [5, 5.41) is 3.01. The van der Waals surface area contributed by atoms with Gasteiger partial charge in [0.25, 0.3) is 0 Å². The molecule has 0 aliphatic rings. The Balaban J connectivity index is 2.48. The molecule has 1 aromatic carbocycles. The first-order chi connectivity index (χ1) is 9.97. The summed E-state index contributed by atoms with van der Waals surface area (Å²) in [7, 11) is 4.05. The minimum Gasteiger partial charge on any atom is -0.492 e. The van der Waals surface area contributed by atoms with E-state index in [1.165, 1.54) is 0 Å². The second-order valence-electron chi connectivity index (χ2n) is 5.31. The maximum absolute atomic E-state index is 5.78. The van der Waals surface area contributed by atoms with E-state index in [9.17, 15) is 0 Å². The van der Waals surface area contributed by atoms with Gasteiger partial charge in [-0.2, -0.15) is 0 Å². The van der Waals surface area contributed by atoms with E-state index in [4.69, 9.17) is 10.5 Å². The fraction of sp³-hybridized carbons (Fsp3) is 0.438. The Morgan fingerprint density at radius 2 is 2.19 bits per heavy atom. The lowest BCUT2D eigenvalue weighted by Crippen LogP contribution is -2.32. The van der Waals surface area contributed by atoms with Crippen LogP contribution in [0.1, 0.15) is 12.5 Å². The second-order valence-corrected chi connectivity index (χ2v) is 5.31. The second kappa shape index (κ2) is 9.02. The van der Waals surface area contributed by atoms with Crippen LogP contribution in [0.5, 0.6) is 5.75 Å². The molecule has 0 fully saturated rings. The first kappa shape index (κ1) is 17.0. The standard InChI is InChI=1S/C16H26N4O/c1-13(2)11-18-16(17)19-12-14-6-5-7-15(10-14)21-9-8-20(3)4/h5-7,10H,1,8-9,11-12H2,2-4H3,(H3,17,18,19). The van der Waals surface area contributed by atoms with E-state index >= 15 is 0 Å². The summed E-state index contributed by atoms with van der Waals surface area (Å²) in [6.07, 6.45) is 0. The van der Waals surface area contributed by atoms with E-state index in [-0.39, 0.29) is 0 Å². The highest BCUT2D eigenvalue weighted by Gasteiger charge is 1.98. The van der Waals surface area contributed by atoms with Gasteiger partial charge in [0.05, 0.1) is 6.54 Å². The molecule has 0 aliphatic carbocycles. The number of hydrogen-bond acceptors (Lipinski definition) is 3. The molecule has 1 rings (SSSR count). The highest BCUT2D eigenvalue weighted by atomic mass is 16.5. The van der Waals surface area contributed by atoms with E-state index in [2.05, 4.69) is 21.8 Å². The van der Waals surface area contributed by atoms with Crippen molar-refractivity contribution in [2.24, 2.45) is 10.7 Å². The Bertz CT molecular complexity index is 483. The third kappa shape index (κ3) is 7.99. The zero-order valence-corrected chi connectivity index (χ0v) is 13.2. The Morgan fingerprint density at radius 3 is 2.86 bits per heavy atom. The minimum absolute atomic E-state index is 0.428. The molecule has 21 heavy (non-hydrogen) atoms. The van der Waals surface area contributed by atoms with E-state index < -0.39 is 0 Å². The lowest BCUT2D eigenvalue weighted by atomic mass is 10.2. The van der Waals surface area contributed by atoms with Gasteiger partial charge in [0.2, 0.25) is 0 Å². The van der Waals surface area contributed by atoms with Gasteiger partial charge in [0.1, 0.15) is 12.4 Å². The van der Waals surface area contributed by atoms with Crippen LogP contribution in [0.25, 0.3) is 0 Å². The molecule has 116 valence electrons. The monoisotopic (exact) mass is 290 g/mol. The summed E-state index contributed by atoms with van der Waals surface area (Å²) < 4.78 is 5.69. The first-order valence-corrected chi connectivity index (χ1v) is 7.02. The molecular weight excluding hydrogens is 264 g/mol. The van der Waals surface area contributed by atoms with Gasteiger partial charge in [-0.15, -0.1) is 0 Å². The fourth-order valence-electron chi connectivity index (χ4n) is 1.55. The lowest BCUT2D eigenvalue weighted by Gasteiger charge is -2.11. The highest BCUT2D eigenvalue weighted by Crippen LogP contribution is 2.14. The summed E-state index contributed by atoms with van der Waals surface area (Å²) in [5.41, 5.74) is 7.87. The molecule has 0 atom stereocenters. The predicted molar refractivity (Wildman–Crippen MR) is 88.6 cm³/mol. The van der Waals surface area contributed by atoms with Crippen LogP contribution in [0.15, 0.2) is 41.4 Å². The molecule has 3 N–H and O–H groups in total. The number of ether oxygens (including phenoxy) is 1.